The Hall–Kier alpha value is -2.33. The van der Waals surface area contributed by atoms with E-state index in [0.717, 1.165) is 12.1 Å². The van der Waals surface area contributed by atoms with Crippen LogP contribution in [0.15, 0.2) is 18.2 Å². The molecule has 2 rings (SSSR count). The predicted molar refractivity (Wildman–Crippen MR) is 89.2 cm³/mol. The molecule has 0 saturated carbocycles. The van der Waals surface area contributed by atoms with Crippen LogP contribution < -0.4 is 15.5 Å². The molecule has 0 radical (unpaired) electrons. The van der Waals surface area contributed by atoms with Gasteiger partial charge in [0.2, 0.25) is 0 Å². The molecule has 1 saturated heterocycles. The Bertz CT molecular complexity index is 742. The van der Waals surface area contributed by atoms with Gasteiger partial charge in [-0.3, -0.25) is 14.4 Å². The van der Waals surface area contributed by atoms with Gasteiger partial charge in [-0.05, 0) is 18.2 Å². The number of carbonyl (C=O) groups is 3. The van der Waals surface area contributed by atoms with Crippen LogP contribution in [0.4, 0.5) is 18.9 Å². The van der Waals surface area contributed by atoms with Crippen LogP contribution in [0.25, 0.3) is 0 Å². The Morgan fingerprint density at radius 1 is 1.41 bits per heavy atom. The normalized spacial score (nSPS) is 20.0. The standard InChI is InChI=1S/C16H17ClF3N3O4/c1-27-14(25)7-12-15(26)21-4-5-23(12)8-13(24)22-9-2-3-11(17)10(6-9)16(18,19)20/h2-3,6,12H,4-5,7-8H2,1H3,(H,21,26)(H,22,24)/p+1/t12-/m0/s1. The van der Waals surface area contributed by atoms with Crippen molar-refractivity contribution in [2.75, 3.05) is 32.1 Å². The van der Waals surface area contributed by atoms with E-state index in [1.807, 2.05) is 0 Å². The Morgan fingerprint density at radius 3 is 2.74 bits per heavy atom. The zero-order chi connectivity index (χ0) is 20.2. The number of hydrogen-bond donors (Lipinski definition) is 3. The monoisotopic (exact) mass is 408 g/mol. The molecule has 1 aliphatic heterocycles. The van der Waals surface area contributed by atoms with Crippen LogP contribution in [0.2, 0.25) is 5.02 Å². The topological polar surface area (TPSA) is 88.9 Å². The van der Waals surface area contributed by atoms with Gasteiger partial charge in [0, 0.05) is 5.69 Å². The smallest absolute Gasteiger partial charge is 0.417 e. The highest BCUT2D eigenvalue weighted by Crippen LogP contribution is 2.36. The Morgan fingerprint density at radius 2 is 2.11 bits per heavy atom. The molecule has 7 nitrogen and oxygen atoms in total. The van der Waals surface area contributed by atoms with E-state index in [4.69, 9.17) is 11.6 Å². The van der Waals surface area contributed by atoms with Crippen LogP contribution in [-0.4, -0.2) is 50.6 Å². The van der Waals surface area contributed by atoms with Gasteiger partial charge in [0.1, 0.15) is 6.42 Å². The number of alkyl halides is 3. The van der Waals surface area contributed by atoms with E-state index >= 15 is 0 Å². The minimum absolute atomic E-state index is 0.0675. The summed E-state index contributed by atoms with van der Waals surface area (Å²) in [5.74, 6) is -1.58. The Balaban J connectivity index is 2.07. The third kappa shape index (κ3) is 5.57. The van der Waals surface area contributed by atoms with Crippen LogP contribution in [0.5, 0.6) is 0 Å². The van der Waals surface area contributed by atoms with Crippen molar-refractivity contribution in [2.45, 2.75) is 18.6 Å². The summed E-state index contributed by atoms with van der Waals surface area (Å²) in [6, 6.07) is 2.22. The van der Waals surface area contributed by atoms with Crippen LogP contribution in [-0.2, 0) is 25.3 Å². The second-order valence-corrected chi connectivity index (χ2v) is 6.36. The maximum Gasteiger partial charge on any atom is 0.417 e. The highest BCUT2D eigenvalue weighted by atomic mass is 35.5. The molecule has 0 bridgehead atoms. The minimum Gasteiger partial charge on any atom is -0.469 e. The molecule has 1 aromatic carbocycles. The van der Waals surface area contributed by atoms with Crippen molar-refractivity contribution in [1.82, 2.24) is 5.32 Å². The number of halogens is 4. The molecule has 11 heteroatoms. The van der Waals surface area contributed by atoms with Crippen LogP contribution in [0.1, 0.15) is 12.0 Å². The molecule has 148 valence electrons. The maximum absolute atomic E-state index is 12.9. The average molecular weight is 409 g/mol. The van der Waals surface area contributed by atoms with Crippen molar-refractivity contribution in [3.05, 3.63) is 28.8 Å². The number of rotatable bonds is 5. The highest BCUT2D eigenvalue weighted by molar-refractivity contribution is 6.31. The second-order valence-electron chi connectivity index (χ2n) is 5.95. The number of methoxy groups -OCH3 is 1. The molecule has 1 unspecified atom stereocenters. The molecule has 1 aromatic rings. The molecule has 0 aliphatic carbocycles. The van der Waals surface area contributed by atoms with Crippen molar-refractivity contribution >= 4 is 35.1 Å². The molecule has 2 atom stereocenters. The predicted octanol–water partition coefficient (Wildman–Crippen LogP) is 0.244. The quantitative estimate of drug-likeness (QED) is 0.609. The number of quaternary nitrogens is 1. The highest BCUT2D eigenvalue weighted by Gasteiger charge is 2.37. The second kappa shape index (κ2) is 8.57. The van der Waals surface area contributed by atoms with Crippen LogP contribution >= 0.6 is 11.6 Å². The molecular formula is C16H18ClF3N3O4+. The number of anilines is 1. The van der Waals surface area contributed by atoms with E-state index in [2.05, 4.69) is 15.4 Å². The van der Waals surface area contributed by atoms with Crippen molar-refractivity contribution in [2.24, 2.45) is 0 Å². The number of amides is 2. The first-order chi connectivity index (χ1) is 12.6. The van der Waals surface area contributed by atoms with Crippen LogP contribution in [0.3, 0.4) is 0 Å². The fourth-order valence-corrected chi connectivity index (χ4v) is 2.98. The number of ether oxygens (including phenoxy) is 1. The number of benzene rings is 1. The number of esters is 1. The zero-order valence-corrected chi connectivity index (χ0v) is 15.0. The summed E-state index contributed by atoms with van der Waals surface area (Å²) in [6.07, 6.45) is -4.86. The van der Waals surface area contributed by atoms with Gasteiger partial charge >= 0.3 is 12.1 Å². The largest absolute Gasteiger partial charge is 0.469 e. The molecule has 27 heavy (non-hydrogen) atoms. The van der Waals surface area contributed by atoms with Gasteiger partial charge in [-0.15, -0.1) is 0 Å². The van der Waals surface area contributed by atoms with Crippen molar-refractivity contribution in [3.8, 4) is 0 Å². The molecular weight excluding hydrogens is 391 g/mol. The lowest BCUT2D eigenvalue weighted by Crippen LogP contribution is -3.20. The summed E-state index contributed by atoms with van der Waals surface area (Å²) in [6.45, 7) is 0.507. The van der Waals surface area contributed by atoms with E-state index < -0.39 is 34.7 Å². The summed E-state index contributed by atoms with van der Waals surface area (Å²) < 4.78 is 43.3. The first kappa shape index (κ1) is 21.0. The van der Waals surface area contributed by atoms with E-state index in [1.165, 1.54) is 13.2 Å². The number of hydrogen-bond acceptors (Lipinski definition) is 4. The molecule has 1 heterocycles. The summed E-state index contributed by atoms with van der Waals surface area (Å²) in [4.78, 5) is 36.2. The van der Waals surface area contributed by atoms with Gasteiger partial charge in [0.25, 0.3) is 11.8 Å². The summed E-state index contributed by atoms with van der Waals surface area (Å²) in [7, 11) is 1.19. The zero-order valence-electron chi connectivity index (χ0n) is 14.3. The van der Waals surface area contributed by atoms with Crippen molar-refractivity contribution < 1.29 is 37.2 Å². The lowest BCUT2D eigenvalue weighted by Gasteiger charge is -2.30. The number of piperazine rings is 1. The first-order valence-corrected chi connectivity index (χ1v) is 8.35. The van der Waals surface area contributed by atoms with E-state index in [0.29, 0.717) is 18.0 Å². The van der Waals surface area contributed by atoms with Crippen LogP contribution in [0, 0.1) is 0 Å². The van der Waals surface area contributed by atoms with Crippen molar-refractivity contribution in [3.63, 3.8) is 0 Å². The molecule has 0 aromatic heterocycles. The summed E-state index contributed by atoms with van der Waals surface area (Å²) in [5.41, 5.74) is -1.13. The summed E-state index contributed by atoms with van der Waals surface area (Å²) in [5, 5.41) is 4.50. The molecule has 3 N–H and O–H groups in total. The molecule has 0 spiro atoms. The van der Waals surface area contributed by atoms with Gasteiger partial charge in [-0.25, -0.2) is 0 Å². The van der Waals surface area contributed by atoms with E-state index in [9.17, 15) is 27.6 Å². The number of nitrogens with one attached hydrogen (secondary N) is 3. The number of carbonyl (C=O) groups excluding carboxylic acids is 3. The van der Waals surface area contributed by atoms with Gasteiger partial charge in [0.05, 0.1) is 30.8 Å². The molecule has 1 aliphatic rings. The van der Waals surface area contributed by atoms with Gasteiger partial charge in [0.15, 0.2) is 12.6 Å². The fourth-order valence-electron chi connectivity index (χ4n) is 2.76. The third-order valence-corrected chi connectivity index (χ3v) is 4.43. The van der Waals surface area contributed by atoms with Gasteiger partial charge in [-0.2, -0.15) is 13.2 Å². The minimum atomic E-state index is -4.65. The SMILES string of the molecule is COC(=O)C[C@H]1C(=O)NCC[NH+]1CC(=O)Nc1ccc(Cl)c(C(F)(F)F)c1. The van der Waals surface area contributed by atoms with Gasteiger partial charge < -0.3 is 20.3 Å². The Kier molecular flexibility index (Phi) is 6.66. The van der Waals surface area contributed by atoms with E-state index in [1.54, 1.807) is 0 Å². The lowest BCUT2D eigenvalue weighted by molar-refractivity contribution is -0.909. The Labute approximate surface area is 157 Å². The lowest BCUT2D eigenvalue weighted by atomic mass is 10.1. The third-order valence-electron chi connectivity index (χ3n) is 4.10. The maximum atomic E-state index is 12.9. The molecule has 2 amide bonds. The van der Waals surface area contributed by atoms with E-state index in [-0.39, 0.29) is 24.6 Å². The summed E-state index contributed by atoms with van der Waals surface area (Å²) >= 11 is 5.55. The first-order valence-electron chi connectivity index (χ1n) is 7.97. The molecule has 1 fully saturated rings. The fraction of sp³-hybridized carbons (Fsp3) is 0.438. The average Bonchev–Trinajstić information content (AvgIpc) is 2.58. The van der Waals surface area contributed by atoms with Gasteiger partial charge in [-0.1, -0.05) is 11.6 Å². The van der Waals surface area contributed by atoms with Crippen molar-refractivity contribution in [1.29, 1.82) is 0 Å².